The molecule has 2 aromatic heterocycles. The molecule has 9 heteroatoms. The number of nitrogens with one attached hydrogen (secondary N) is 1. The fraction of sp³-hybridized carbons (Fsp3) is 0.500. The van der Waals surface area contributed by atoms with Crippen LogP contribution < -0.4 is 10.5 Å². The lowest BCUT2D eigenvalue weighted by Crippen LogP contribution is -2.40. The number of amides is 1. The van der Waals surface area contributed by atoms with Crippen molar-refractivity contribution in [3.63, 3.8) is 0 Å². The lowest BCUT2D eigenvalue weighted by molar-refractivity contribution is 0.0844. The van der Waals surface area contributed by atoms with E-state index in [1.165, 1.54) is 0 Å². The molecule has 134 valence electrons. The van der Waals surface area contributed by atoms with Gasteiger partial charge in [0.1, 0.15) is 11.4 Å². The number of hydrogen-bond acceptors (Lipinski definition) is 7. The summed E-state index contributed by atoms with van der Waals surface area (Å²) in [5.74, 6) is 0.689. The number of carbonyl (C=O) groups is 1. The summed E-state index contributed by atoms with van der Waals surface area (Å²) in [6.45, 7) is 4.14. The van der Waals surface area contributed by atoms with Crippen molar-refractivity contribution in [2.45, 2.75) is 19.8 Å². The Kier molecular flexibility index (Phi) is 5.32. The van der Waals surface area contributed by atoms with Gasteiger partial charge in [0.25, 0.3) is 0 Å². The van der Waals surface area contributed by atoms with Crippen LogP contribution in [0.25, 0.3) is 11.5 Å². The maximum atomic E-state index is 11.7. The predicted octanol–water partition coefficient (Wildman–Crippen LogP) is 1.67. The molecule has 1 fully saturated rings. The van der Waals surface area contributed by atoms with Crippen LogP contribution in [0, 0.1) is 5.92 Å². The summed E-state index contributed by atoms with van der Waals surface area (Å²) < 4.78 is 15.2. The SMILES string of the molecule is CCOC(=O)N1CCC(COc2ccc(-c3noc(=O)[nH]3)nc2)CC1. The number of likely N-dealkylation sites (tertiary alicyclic amines) is 1. The zero-order valence-electron chi connectivity index (χ0n) is 13.9. The molecule has 0 aliphatic carbocycles. The first-order valence-corrected chi connectivity index (χ1v) is 8.22. The number of hydrogen-bond donors (Lipinski definition) is 1. The van der Waals surface area contributed by atoms with Gasteiger partial charge in [0, 0.05) is 13.1 Å². The van der Waals surface area contributed by atoms with E-state index in [-0.39, 0.29) is 11.9 Å². The minimum absolute atomic E-state index is 0.243. The lowest BCUT2D eigenvalue weighted by Gasteiger charge is -2.31. The molecule has 1 saturated heterocycles. The molecular weight excluding hydrogens is 328 g/mol. The first-order chi connectivity index (χ1) is 12.2. The van der Waals surface area contributed by atoms with E-state index in [9.17, 15) is 9.59 Å². The predicted molar refractivity (Wildman–Crippen MR) is 87.2 cm³/mol. The largest absolute Gasteiger partial charge is 0.492 e. The molecular formula is C16H20N4O5. The van der Waals surface area contributed by atoms with Crippen LogP contribution in [-0.2, 0) is 4.74 Å². The summed E-state index contributed by atoms with van der Waals surface area (Å²) in [7, 11) is 0. The van der Waals surface area contributed by atoms with E-state index in [0.717, 1.165) is 12.8 Å². The number of pyridine rings is 1. The summed E-state index contributed by atoms with van der Waals surface area (Å²) in [6, 6.07) is 3.47. The molecule has 1 aliphatic heterocycles. The minimum atomic E-state index is -0.619. The van der Waals surface area contributed by atoms with Crippen LogP contribution in [0.1, 0.15) is 19.8 Å². The van der Waals surface area contributed by atoms with Crippen molar-refractivity contribution in [3.8, 4) is 17.3 Å². The number of aromatic nitrogens is 3. The van der Waals surface area contributed by atoms with Crippen LogP contribution in [-0.4, -0.2) is 52.4 Å². The van der Waals surface area contributed by atoms with Gasteiger partial charge in [0.15, 0.2) is 0 Å². The Hall–Kier alpha value is -2.84. The number of ether oxygens (including phenoxy) is 2. The van der Waals surface area contributed by atoms with Gasteiger partial charge >= 0.3 is 11.8 Å². The monoisotopic (exact) mass is 348 g/mol. The van der Waals surface area contributed by atoms with Gasteiger partial charge in [-0.15, -0.1) is 0 Å². The van der Waals surface area contributed by atoms with E-state index in [2.05, 4.69) is 19.6 Å². The number of aromatic amines is 1. The molecule has 0 spiro atoms. The quantitative estimate of drug-likeness (QED) is 0.875. The summed E-state index contributed by atoms with van der Waals surface area (Å²) in [6.07, 6.45) is 3.10. The summed E-state index contributed by atoms with van der Waals surface area (Å²) in [4.78, 5) is 31.0. The first kappa shape index (κ1) is 17.0. The van der Waals surface area contributed by atoms with Gasteiger partial charge in [-0.1, -0.05) is 5.16 Å². The average Bonchev–Trinajstić information content (AvgIpc) is 3.07. The van der Waals surface area contributed by atoms with Crippen LogP contribution in [0.5, 0.6) is 5.75 Å². The second kappa shape index (κ2) is 7.82. The van der Waals surface area contributed by atoms with Crippen LogP contribution in [0.2, 0.25) is 0 Å². The van der Waals surface area contributed by atoms with Crippen LogP contribution in [0.4, 0.5) is 4.79 Å². The Bertz CT molecular complexity index is 746. The standard InChI is InChI=1S/C16H20N4O5/c1-2-23-16(22)20-7-5-11(6-8-20)10-24-12-3-4-13(17-9-12)14-18-15(21)25-19-14/h3-4,9,11H,2,5-8,10H2,1H3,(H,18,19,21). The zero-order chi connectivity index (χ0) is 17.6. The number of nitrogens with zero attached hydrogens (tertiary/aromatic N) is 3. The molecule has 1 amide bonds. The molecule has 9 nitrogen and oxygen atoms in total. The summed E-state index contributed by atoms with van der Waals surface area (Å²) in [5.41, 5.74) is 0.501. The Balaban J connectivity index is 1.46. The molecule has 1 aliphatic rings. The fourth-order valence-electron chi connectivity index (χ4n) is 2.66. The highest BCUT2D eigenvalue weighted by molar-refractivity contribution is 5.67. The maximum Gasteiger partial charge on any atom is 0.439 e. The smallest absolute Gasteiger partial charge is 0.439 e. The number of H-pyrrole nitrogens is 1. The van der Waals surface area contributed by atoms with Crippen molar-refractivity contribution in [1.82, 2.24) is 20.0 Å². The topological polar surface area (TPSA) is 111 Å². The molecule has 0 bridgehead atoms. The number of piperidine rings is 1. The molecule has 0 radical (unpaired) electrons. The van der Waals surface area contributed by atoms with E-state index in [1.807, 2.05) is 0 Å². The van der Waals surface area contributed by atoms with E-state index >= 15 is 0 Å². The van der Waals surface area contributed by atoms with E-state index < -0.39 is 5.76 Å². The Morgan fingerprint density at radius 3 is 2.80 bits per heavy atom. The van der Waals surface area contributed by atoms with E-state index in [4.69, 9.17) is 9.47 Å². The highest BCUT2D eigenvalue weighted by Crippen LogP contribution is 2.20. The second-order valence-corrected chi connectivity index (χ2v) is 5.76. The van der Waals surface area contributed by atoms with Gasteiger partial charge in [-0.05, 0) is 37.8 Å². The Labute approximate surface area is 143 Å². The zero-order valence-corrected chi connectivity index (χ0v) is 13.9. The third-order valence-corrected chi connectivity index (χ3v) is 4.05. The average molecular weight is 348 g/mol. The van der Waals surface area contributed by atoms with Gasteiger partial charge in [0.2, 0.25) is 5.82 Å². The van der Waals surface area contributed by atoms with Gasteiger partial charge in [0.05, 0.1) is 19.4 Å². The third-order valence-electron chi connectivity index (χ3n) is 4.05. The molecule has 0 atom stereocenters. The molecule has 1 N–H and O–H groups in total. The summed E-state index contributed by atoms with van der Waals surface area (Å²) >= 11 is 0. The molecule has 0 saturated carbocycles. The van der Waals surface area contributed by atoms with E-state index in [0.29, 0.717) is 43.7 Å². The normalized spacial score (nSPS) is 15.2. The van der Waals surface area contributed by atoms with Crippen molar-refractivity contribution in [3.05, 3.63) is 28.9 Å². The lowest BCUT2D eigenvalue weighted by atomic mass is 9.98. The minimum Gasteiger partial charge on any atom is -0.492 e. The molecule has 3 rings (SSSR count). The van der Waals surface area contributed by atoms with Gasteiger partial charge in [-0.2, -0.15) is 0 Å². The second-order valence-electron chi connectivity index (χ2n) is 5.76. The number of carbonyl (C=O) groups excluding carboxylic acids is 1. The van der Waals surface area contributed by atoms with Crippen molar-refractivity contribution >= 4 is 6.09 Å². The Morgan fingerprint density at radius 1 is 1.40 bits per heavy atom. The van der Waals surface area contributed by atoms with Crippen LogP contribution in [0.3, 0.4) is 0 Å². The summed E-state index contributed by atoms with van der Waals surface area (Å²) in [5, 5.41) is 3.58. The van der Waals surface area contributed by atoms with Gasteiger partial charge in [-0.25, -0.2) is 14.6 Å². The molecule has 2 aromatic rings. The van der Waals surface area contributed by atoms with Crippen LogP contribution >= 0.6 is 0 Å². The first-order valence-electron chi connectivity index (χ1n) is 8.22. The Morgan fingerprint density at radius 2 is 2.20 bits per heavy atom. The third kappa shape index (κ3) is 4.37. The highest BCUT2D eigenvalue weighted by Gasteiger charge is 2.23. The van der Waals surface area contributed by atoms with Crippen molar-refractivity contribution < 1.29 is 18.8 Å². The van der Waals surface area contributed by atoms with Gasteiger partial charge in [-0.3, -0.25) is 9.51 Å². The molecule has 0 aromatic carbocycles. The molecule has 3 heterocycles. The van der Waals surface area contributed by atoms with Crippen molar-refractivity contribution in [2.24, 2.45) is 5.92 Å². The number of rotatable bonds is 5. The van der Waals surface area contributed by atoms with Gasteiger partial charge < -0.3 is 14.4 Å². The maximum absolute atomic E-state index is 11.7. The van der Waals surface area contributed by atoms with Crippen molar-refractivity contribution in [1.29, 1.82) is 0 Å². The van der Waals surface area contributed by atoms with E-state index in [1.54, 1.807) is 30.2 Å². The fourth-order valence-corrected chi connectivity index (χ4v) is 2.66. The van der Waals surface area contributed by atoms with Crippen LogP contribution in [0.15, 0.2) is 27.6 Å². The highest BCUT2D eigenvalue weighted by atomic mass is 16.6. The van der Waals surface area contributed by atoms with Crippen molar-refractivity contribution in [2.75, 3.05) is 26.3 Å². The molecule has 0 unspecified atom stereocenters. The molecule has 25 heavy (non-hydrogen) atoms.